The Morgan fingerprint density at radius 3 is 2.56 bits per heavy atom. The molecule has 0 nitrogen and oxygen atoms in total. The van der Waals surface area contributed by atoms with Crippen LogP contribution in [0.25, 0.3) is 0 Å². The van der Waals surface area contributed by atoms with Gasteiger partial charge in [0.1, 0.15) is 0 Å². The van der Waals surface area contributed by atoms with E-state index in [9.17, 15) is 8.78 Å². The lowest BCUT2D eigenvalue weighted by Crippen LogP contribution is -2.17. The first kappa shape index (κ1) is 11.8. The lowest BCUT2D eigenvalue weighted by atomic mass is 9.81. The maximum atomic E-state index is 13.0. The van der Waals surface area contributed by atoms with Crippen molar-refractivity contribution in [1.82, 2.24) is 0 Å². The molecule has 1 aliphatic rings. The zero-order chi connectivity index (χ0) is 11.5. The van der Waals surface area contributed by atoms with Crippen molar-refractivity contribution in [2.24, 2.45) is 5.92 Å². The minimum absolute atomic E-state index is 0.0372. The van der Waals surface area contributed by atoms with Gasteiger partial charge in [-0.3, -0.25) is 0 Å². The molecule has 0 amide bonds. The Morgan fingerprint density at radius 2 is 2.00 bits per heavy atom. The molecule has 0 aliphatic heterocycles. The van der Waals surface area contributed by atoms with Gasteiger partial charge in [-0.25, -0.2) is 8.78 Å². The Kier molecular flexibility index (Phi) is 3.80. The van der Waals surface area contributed by atoms with E-state index < -0.39 is 11.6 Å². The van der Waals surface area contributed by atoms with Crippen LogP contribution in [0.5, 0.6) is 0 Å². The summed E-state index contributed by atoms with van der Waals surface area (Å²) in [5.74, 6) is -0.841. The van der Waals surface area contributed by atoms with Crippen molar-refractivity contribution in [1.29, 1.82) is 0 Å². The van der Waals surface area contributed by atoms with Crippen LogP contribution in [0.4, 0.5) is 8.78 Å². The highest BCUT2D eigenvalue weighted by molar-refractivity contribution is 6.20. The zero-order valence-electron chi connectivity index (χ0n) is 9.06. The average molecular weight is 245 g/mol. The van der Waals surface area contributed by atoms with Crippen molar-refractivity contribution in [2.75, 3.05) is 0 Å². The summed E-state index contributed by atoms with van der Waals surface area (Å²) < 4.78 is 25.7. The molecule has 16 heavy (non-hydrogen) atoms. The summed E-state index contributed by atoms with van der Waals surface area (Å²) >= 11 is 6.20. The van der Waals surface area contributed by atoms with Crippen LogP contribution in [-0.4, -0.2) is 5.38 Å². The number of alkyl halides is 1. The summed E-state index contributed by atoms with van der Waals surface area (Å²) in [5, 5.41) is 0.0372. The van der Waals surface area contributed by atoms with Gasteiger partial charge in [0.15, 0.2) is 11.6 Å². The van der Waals surface area contributed by atoms with E-state index in [4.69, 9.17) is 11.6 Å². The van der Waals surface area contributed by atoms with Crippen LogP contribution < -0.4 is 0 Å². The van der Waals surface area contributed by atoms with Crippen LogP contribution in [-0.2, 0) is 6.42 Å². The molecule has 0 radical (unpaired) electrons. The summed E-state index contributed by atoms with van der Waals surface area (Å²) in [6, 6.07) is 4.01. The molecule has 1 fully saturated rings. The molecule has 0 aromatic heterocycles. The van der Waals surface area contributed by atoms with Gasteiger partial charge in [0.25, 0.3) is 0 Å². The Balaban J connectivity index is 1.89. The molecular formula is C13H15ClF2. The Morgan fingerprint density at radius 1 is 1.25 bits per heavy atom. The topological polar surface area (TPSA) is 0 Å². The van der Waals surface area contributed by atoms with E-state index in [0.717, 1.165) is 24.0 Å². The third-order valence-electron chi connectivity index (χ3n) is 3.26. The minimum atomic E-state index is -0.797. The SMILES string of the molecule is Fc1ccc(CC(Cl)CC2CCC2)cc1F. The Hall–Kier alpha value is -0.630. The summed E-state index contributed by atoms with van der Waals surface area (Å²) in [6.07, 6.45) is 5.44. The number of benzene rings is 1. The molecule has 88 valence electrons. The highest BCUT2D eigenvalue weighted by Gasteiger charge is 2.21. The number of hydrogen-bond acceptors (Lipinski definition) is 0. The molecule has 1 unspecified atom stereocenters. The lowest BCUT2D eigenvalue weighted by Gasteiger charge is -2.27. The van der Waals surface area contributed by atoms with Gasteiger partial charge in [0, 0.05) is 5.38 Å². The third-order valence-corrected chi connectivity index (χ3v) is 3.59. The second kappa shape index (κ2) is 5.13. The molecule has 2 rings (SSSR count). The van der Waals surface area contributed by atoms with Crippen LogP contribution in [0.3, 0.4) is 0 Å². The van der Waals surface area contributed by atoms with Gasteiger partial charge in [-0.1, -0.05) is 25.3 Å². The van der Waals surface area contributed by atoms with E-state index in [2.05, 4.69) is 0 Å². The standard InChI is InChI=1S/C13H15ClF2/c14-11(6-9-2-1-3-9)7-10-4-5-12(15)13(16)8-10/h4-5,8-9,11H,1-3,6-7H2. The first-order chi connectivity index (χ1) is 7.65. The largest absolute Gasteiger partial charge is 0.204 e. The molecule has 0 spiro atoms. The number of halogens is 3. The van der Waals surface area contributed by atoms with Crippen molar-refractivity contribution < 1.29 is 8.78 Å². The quantitative estimate of drug-likeness (QED) is 0.693. The van der Waals surface area contributed by atoms with Gasteiger partial charge in [0.05, 0.1) is 0 Å². The molecule has 0 saturated heterocycles. The zero-order valence-corrected chi connectivity index (χ0v) is 9.81. The van der Waals surface area contributed by atoms with Gasteiger partial charge < -0.3 is 0 Å². The summed E-state index contributed by atoms with van der Waals surface area (Å²) in [7, 11) is 0. The molecule has 1 saturated carbocycles. The van der Waals surface area contributed by atoms with Crippen molar-refractivity contribution in [3.63, 3.8) is 0 Å². The summed E-state index contributed by atoms with van der Waals surface area (Å²) in [5.41, 5.74) is 0.776. The molecule has 0 heterocycles. The molecule has 1 aromatic rings. The Bertz CT molecular complexity index is 361. The minimum Gasteiger partial charge on any atom is -0.204 e. The average Bonchev–Trinajstić information content (AvgIpc) is 2.18. The predicted molar refractivity (Wildman–Crippen MR) is 61.7 cm³/mol. The van der Waals surface area contributed by atoms with Crippen LogP contribution >= 0.6 is 11.6 Å². The first-order valence-corrected chi connectivity index (χ1v) is 6.17. The summed E-state index contributed by atoms with van der Waals surface area (Å²) in [4.78, 5) is 0. The van der Waals surface area contributed by atoms with Gasteiger partial charge >= 0.3 is 0 Å². The number of hydrogen-bond donors (Lipinski definition) is 0. The smallest absolute Gasteiger partial charge is 0.159 e. The van der Waals surface area contributed by atoms with Crippen LogP contribution in [0, 0.1) is 17.6 Å². The normalized spacial score (nSPS) is 18.2. The molecule has 0 bridgehead atoms. The predicted octanol–water partition coefficient (Wildman–Crippen LogP) is 4.30. The van der Waals surface area contributed by atoms with E-state index >= 15 is 0 Å². The fraction of sp³-hybridized carbons (Fsp3) is 0.538. The van der Waals surface area contributed by atoms with Crippen LogP contribution in [0.1, 0.15) is 31.2 Å². The van der Waals surface area contributed by atoms with Crippen LogP contribution in [0.15, 0.2) is 18.2 Å². The van der Waals surface area contributed by atoms with E-state index in [1.807, 2.05) is 0 Å². The first-order valence-electron chi connectivity index (χ1n) is 5.73. The van der Waals surface area contributed by atoms with Crippen molar-refractivity contribution in [2.45, 2.75) is 37.5 Å². The van der Waals surface area contributed by atoms with Crippen molar-refractivity contribution in [3.05, 3.63) is 35.4 Å². The highest BCUT2D eigenvalue weighted by atomic mass is 35.5. The Labute approximate surface area is 99.6 Å². The molecule has 1 atom stereocenters. The van der Waals surface area contributed by atoms with E-state index in [1.165, 1.54) is 25.3 Å². The fourth-order valence-electron chi connectivity index (χ4n) is 2.10. The molecule has 1 aliphatic carbocycles. The van der Waals surface area contributed by atoms with E-state index in [1.54, 1.807) is 6.07 Å². The van der Waals surface area contributed by atoms with Crippen molar-refractivity contribution in [3.8, 4) is 0 Å². The molecule has 1 aromatic carbocycles. The summed E-state index contributed by atoms with van der Waals surface area (Å²) in [6.45, 7) is 0. The highest BCUT2D eigenvalue weighted by Crippen LogP contribution is 2.32. The number of rotatable bonds is 4. The van der Waals surface area contributed by atoms with Gasteiger partial charge in [-0.2, -0.15) is 0 Å². The maximum absolute atomic E-state index is 13.0. The van der Waals surface area contributed by atoms with E-state index in [-0.39, 0.29) is 5.38 Å². The second-order valence-electron chi connectivity index (χ2n) is 4.58. The molecular weight excluding hydrogens is 230 g/mol. The van der Waals surface area contributed by atoms with E-state index in [0.29, 0.717) is 6.42 Å². The van der Waals surface area contributed by atoms with Crippen molar-refractivity contribution >= 4 is 11.6 Å². The second-order valence-corrected chi connectivity index (χ2v) is 5.20. The third kappa shape index (κ3) is 2.94. The molecule has 3 heteroatoms. The lowest BCUT2D eigenvalue weighted by molar-refractivity contribution is 0.292. The maximum Gasteiger partial charge on any atom is 0.159 e. The fourth-order valence-corrected chi connectivity index (χ4v) is 2.53. The van der Waals surface area contributed by atoms with Gasteiger partial charge in [0.2, 0.25) is 0 Å². The van der Waals surface area contributed by atoms with Gasteiger partial charge in [-0.05, 0) is 36.5 Å². The van der Waals surface area contributed by atoms with Crippen LogP contribution in [0.2, 0.25) is 0 Å². The monoisotopic (exact) mass is 244 g/mol. The van der Waals surface area contributed by atoms with Gasteiger partial charge in [-0.15, -0.1) is 11.6 Å². The molecule has 0 N–H and O–H groups in total.